The van der Waals surface area contributed by atoms with Gasteiger partial charge in [-0.1, -0.05) is 29.8 Å². The minimum Gasteiger partial charge on any atom is -0.371 e. The van der Waals surface area contributed by atoms with Crippen LogP contribution in [0.5, 0.6) is 0 Å². The summed E-state index contributed by atoms with van der Waals surface area (Å²) in [5, 5.41) is 2.79. The standard InChI is InChI=1S/C45H50ClN7O4/c1-29-24-45(28-52(29)35-8-10-39(47-2)38(46)23-35)15-19-50(20-16-45)33-5-3-30(4-6-33)21-31-13-17-49(18-14-31)25-32-26-51(27-32)34-7-9-36-37(22-34)44(57)53(43(36)56)40-11-12-41(54)48-42(40)55/h3-10,22-23,29,31-32,40H,11-21,24-28H2,1H3,(H,48,54,55)/t29-,40?/m0/s1. The molecule has 0 saturated carbocycles. The molecule has 0 aromatic heterocycles. The quantitative estimate of drug-likeness (QED) is 0.202. The lowest BCUT2D eigenvalue weighted by atomic mass is 9.76. The second-order valence-electron chi connectivity index (χ2n) is 17.5. The van der Waals surface area contributed by atoms with Crippen LogP contribution >= 0.6 is 11.6 Å². The number of hydrogen-bond acceptors (Lipinski definition) is 8. The van der Waals surface area contributed by atoms with Crippen LogP contribution in [0.2, 0.25) is 5.02 Å². The molecule has 2 atom stereocenters. The Bertz CT molecular complexity index is 2130. The van der Waals surface area contributed by atoms with Crippen molar-refractivity contribution in [2.24, 2.45) is 17.3 Å². The van der Waals surface area contributed by atoms with Gasteiger partial charge in [0, 0.05) is 79.7 Å². The van der Waals surface area contributed by atoms with E-state index in [0.717, 1.165) is 75.1 Å². The third kappa shape index (κ3) is 7.27. The first-order valence-electron chi connectivity index (χ1n) is 20.7. The lowest BCUT2D eigenvalue weighted by Crippen LogP contribution is -2.54. The van der Waals surface area contributed by atoms with Gasteiger partial charge in [0.05, 0.1) is 17.7 Å². The number of nitrogens with one attached hydrogen (secondary N) is 1. The lowest BCUT2D eigenvalue weighted by molar-refractivity contribution is -0.136. The summed E-state index contributed by atoms with van der Waals surface area (Å²) >= 11 is 6.40. The second kappa shape index (κ2) is 15.1. The van der Waals surface area contributed by atoms with Gasteiger partial charge in [-0.05, 0) is 124 Å². The molecule has 4 amide bonds. The number of nitrogens with zero attached hydrogens (tertiary/aromatic N) is 6. The summed E-state index contributed by atoms with van der Waals surface area (Å²) in [6.07, 6.45) is 7.38. The molecule has 296 valence electrons. The van der Waals surface area contributed by atoms with Gasteiger partial charge >= 0.3 is 0 Å². The normalized spacial score (nSPS) is 24.2. The summed E-state index contributed by atoms with van der Waals surface area (Å²) in [6.45, 7) is 18.0. The molecular formula is C45H50ClN7O4. The maximum Gasteiger partial charge on any atom is 0.262 e. The smallest absolute Gasteiger partial charge is 0.262 e. The number of rotatable bonds is 8. The van der Waals surface area contributed by atoms with Crippen LogP contribution in [0.25, 0.3) is 4.85 Å². The van der Waals surface area contributed by atoms with Gasteiger partial charge in [-0.3, -0.25) is 29.4 Å². The van der Waals surface area contributed by atoms with Gasteiger partial charge in [0.2, 0.25) is 17.5 Å². The third-order valence-electron chi connectivity index (χ3n) is 13.8. The van der Waals surface area contributed by atoms with E-state index in [4.69, 9.17) is 18.2 Å². The zero-order chi connectivity index (χ0) is 39.4. The number of anilines is 3. The molecule has 6 heterocycles. The Morgan fingerprint density at radius 3 is 2.21 bits per heavy atom. The monoisotopic (exact) mass is 787 g/mol. The van der Waals surface area contributed by atoms with Gasteiger partial charge in [-0.15, -0.1) is 0 Å². The van der Waals surface area contributed by atoms with Crippen LogP contribution in [0, 0.1) is 23.8 Å². The molecule has 1 spiro atoms. The zero-order valence-corrected chi connectivity index (χ0v) is 33.3. The van der Waals surface area contributed by atoms with Gasteiger partial charge in [-0.25, -0.2) is 4.85 Å². The van der Waals surface area contributed by atoms with Gasteiger partial charge in [0.25, 0.3) is 11.8 Å². The molecule has 3 aromatic carbocycles. The molecule has 3 aromatic rings. The average Bonchev–Trinajstić information content (AvgIpc) is 3.65. The number of benzene rings is 3. The van der Waals surface area contributed by atoms with E-state index in [2.05, 4.69) is 67.0 Å². The Morgan fingerprint density at radius 2 is 1.51 bits per heavy atom. The largest absolute Gasteiger partial charge is 0.371 e. The van der Waals surface area contributed by atoms with Crippen molar-refractivity contribution in [3.63, 3.8) is 0 Å². The molecule has 1 N–H and O–H groups in total. The van der Waals surface area contributed by atoms with Gasteiger partial charge in [0.1, 0.15) is 6.04 Å². The van der Waals surface area contributed by atoms with Crippen molar-refractivity contribution in [1.82, 2.24) is 15.1 Å². The number of fused-ring (bicyclic) bond motifs is 1. The van der Waals surface area contributed by atoms with Crippen LogP contribution in [-0.4, -0.2) is 97.9 Å². The van der Waals surface area contributed by atoms with Crippen LogP contribution < -0.4 is 20.0 Å². The van der Waals surface area contributed by atoms with Crippen molar-refractivity contribution in [2.75, 3.05) is 67.1 Å². The molecule has 9 rings (SSSR count). The topological polar surface area (TPSA) is 101 Å². The van der Waals surface area contributed by atoms with Crippen LogP contribution in [0.4, 0.5) is 22.7 Å². The summed E-state index contributed by atoms with van der Waals surface area (Å²) in [4.78, 5) is 64.9. The summed E-state index contributed by atoms with van der Waals surface area (Å²) in [5.74, 6) is -0.635. The maximum absolute atomic E-state index is 13.3. The number of hydrogen-bond donors (Lipinski definition) is 1. The predicted octanol–water partition coefficient (Wildman–Crippen LogP) is 6.57. The first kappa shape index (κ1) is 37.6. The highest BCUT2D eigenvalue weighted by Gasteiger charge is 2.46. The van der Waals surface area contributed by atoms with Gasteiger partial charge in [0.15, 0.2) is 0 Å². The van der Waals surface area contributed by atoms with Crippen molar-refractivity contribution >= 4 is 58.0 Å². The SMILES string of the molecule is [C-]#[N+]c1ccc(N2CC3(CCN(c4ccc(CC5CCN(CC6CN(c7ccc8c(c7)C(=O)N(C7CCC(=O)NC7=O)C8=O)C6)CC5)cc4)CC3)C[C@@H]2C)cc1Cl. The second-order valence-corrected chi connectivity index (χ2v) is 17.9. The fraction of sp³-hybridized carbons (Fsp3) is 0.489. The molecule has 12 heteroatoms. The number of amides is 4. The number of imide groups is 2. The summed E-state index contributed by atoms with van der Waals surface area (Å²) in [7, 11) is 0. The average molecular weight is 788 g/mol. The third-order valence-corrected chi connectivity index (χ3v) is 14.1. The Labute approximate surface area is 339 Å². The van der Waals surface area contributed by atoms with Crippen LogP contribution in [0.15, 0.2) is 60.7 Å². The number of carbonyl (C=O) groups excluding carboxylic acids is 4. The molecule has 0 aliphatic carbocycles. The van der Waals surface area contributed by atoms with E-state index < -0.39 is 23.8 Å². The minimum atomic E-state index is -0.949. The van der Waals surface area contributed by atoms with Crippen LogP contribution in [-0.2, 0) is 16.0 Å². The highest BCUT2D eigenvalue weighted by atomic mass is 35.5. The molecule has 6 aliphatic rings. The number of likely N-dealkylation sites (tertiary alicyclic amines) is 1. The van der Waals surface area contributed by atoms with E-state index in [1.807, 2.05) is 18.2 Å². The molecule has 1 unspecified atom stereocenters. The molecule has 6 aliphatic heterocycles. The lowest BCUT2D eigenvalue weighted by Gasteiger charge is -2.44. The van der Waals surface area contributed by atoms with E-state index in [0.29, 0.717) is 45.1 Å². The van der Waals surface area contributed by atoms with E-state index in [1.165, 1.54) is 43.4 Å². The summed E-state index contributed by atoms with van der Waals surface area (Å²) in [6, 6.07) is 20.1. The molecular weight excluding hydrogens is 738 g/mol. The Balaban J connectivity index is 0.706. The van der Waals surface area contributed by atoms with E-state index in [9.17, 15) is 19.2 Å². The predicted molar refractivity (Wildman–Crippen MR) is 221 cm³/mol. The number of carbonyl (C=O) groups is 4. The van der Waals surface area contributed by atoms with Gasteiger partial charge < -0.3 is 19.6 Å². The van der Waals surface area contributed by atoms with Crippen molar-refractivity contribution < 1.29 is 19.2 Å². The molecule has 0 bridgehead atoms. The first-order chi connectivity index (χ1) is 27.6. The summed E-state index contributed by atoms with van der Waals surface area (Å²) in [5.41, 5.74) is 6.31. The number of halogens is 1. The Kier molecular flexibility index (Phi) is 9.98. The molecule has 5 fully saturated rings. The van der Waals surface area contributed by atoms with Crippen LogP contribution in [0.3, 0.4) is 0 Å². The Hall–Kier alpha value is -4.92. The van der Waals surface area contributed by atoms with E-state index in [-0.39, 0.29) is 18.7 Å². The van der Waals surface area contributed by atoms with Crippen LogP contribution in [0.1, 0.15) is 78.1 Å². The molecule has 57 heavy (non-hydrogen) atoms. The molecule has 11 nitrogen and oxygen atoms in total. The fourth-order valence-corrected chi connectivity index (χ4v) is 10.7. The van der Waals surface area contributed by atoms with E-state index in [1.54, 1.807) is 12.1 Å². The molecule has 0 radical (unpaired) electrons. The van der Waals surface area contributed by atoms with Crippen molar-refractivity contribution in [2.45, 2.75) is 70.4 Å². The van der Waals surface area contributed by atoms with E-state index >= 15 is 0 Å². The fourth-order valence-electron chi connectivity index (χ4n) is 10.5. The van der Waals surface area contributed by atoms with Gasteiger partial charge in [-0.2, -0.15) is 0 Å². The number of piperidine rings is 3. The summed E-state index contributed by atoms with van der Waals surface area (Å²) < 4.78 is 0. The first-order valence-corrected chi connectivity index (χ1v) is 21.0. The zero-order valence-electron chi connectivity index (χ0n) is 32.6. The van der Waals surface area contributed by atoms with Crippen molar-refractivity contribution in [3.05, 3.63) is 93.8 Å². The molecule has 5 saturated heterocycles. The van der Waals surface area contributed by atoms with Crippen molar-refractivity contribution in [1.29, 1.82) is 0 Å². The Morgan fingerprint density at radius 1 is 0.807 bits per heavy atom. The minimum absolute atomic E-state index is 0.109. The highest BCUT2D eigenvalue weighted by molar-refractivity contribution is 6.33. The highest BCUT2D eigenvalue weighted by Crippen LogP contribution is 2.46. The maximum atomic E-state index is 13.3. The van der Waals surface area contributed by atoms with Crippen molar-refractivity contribution in [3.8, 4) is 0 Å².